The number of halogens is 2. The number of ether oxygens (including phenoxy) is 2. The van der Waals surface area contributed by atoms with E-state index in [4.69, 9.17) is 4.74 Å². The van der Waals surface area contributed by atoms with Crippen LogP contribution in [0.4, 0.5) is 8.78 Å². The molecule has 2 aromatic rings. The van der Waals surface area contributed by atoms with Crippen molar-refractivity contribution in [2.75, 3.05) is 20.2 Å². The number of hydrogen-bond donors (Lipinski definition) is 2. The fourth-order valence-electron chi connectivity index (χ4n) is 3.50. The van der Waals surface area contributed by atoms with Gasteiger partial charge in [0.05, 0.1) is 20.2 Å². The van der Waals surface area contributed by atoms with Crippen LogP contribution in [0.5, 0.6) is 11.5 Å². The molecule has 2 aromatic carbocycles. The number of hydrogen-bond acceptors (Lipinski definition) is 3. The third-order valence-corrected chi connectivity index (χ3v) is 4.95. The van der Waals surface area contributed by atoms with Gasteiger partial charge in [0.2, 0.25) is 0 Å². The van der Waals surface area contributed by atoms with Gasteiger partial charge in [0.15, 0.2) is 11.5 Å². The van der Waals surface area contributed by atoms with Crippen molar-refractivity contribution in [2.45, 2.75) is 32.5 Å². The van der Waals surface area contributed by atoms with Gasteiger partial charge >= 0.3 is 6.61 Å². The summed E-state index contributed by atoms with van der Waals surface area (Å²) in [6.07, 6.45) is 2.53. The predicted molar refractivity (Wildman–Crippen MR) is 101 cm³/mol. The third-order valence-electron chi connectivity index (χ3n) is 4.95. The average molecular weight is 391 g/mol. The van der Waals surface area contributed by atoms with Gasteiger partial charge in [0, 0.05) is 30.5 Å². The molecule has 150 valence electrons. The Morgan fingerprint density at radius 1 is 1.11 bits per heavy atom. The zero-order chi connectivity index (χ0) is 19.9. The van der Waals surface area contributed by atoms with Gasteiger partial charge in [0.25, 0.3) is 5.91 Å². The summed E-state index contributed by atoms with van der Waals surface area (Å²) in [6, 6.07) is 12.2. The van der Waals surface area contributed by atoms with Crippen LogP contribution in [0, 0.1) is 0 Å². The molecule has 3 rings (SSSR count). The lowest BCUT2D eigenvalue weighted by Gasteiger charge is -2.16. The van der Waals surface area contributed by atoms with Crippen LogP contribution in [0.3, 0.4) is 0 Å². The van der Waals surface area contributed by atoms with E-state index in [1.807, 2.05) is 18.2 Å². The van der Waals surface area contributed by atoms with Gasteiger partial charge in [-0.2, -0.15) is 8.78 Å². The molecule has 1 aliphatic rings. The zero-order valence-corrected chi connectivity index (χ0v) is 15.8. The lowest BCUT2D eigenvalue weighted by molar-refractivity contribution is -0.901. The number of alkyl halides is 2. The molecular weight excluding hydrogens is 366 g/mol. The van der Waals surface area contributed by atoms with Gasteiger partial charge < -0.3 is 19.7 Å². The largest absolute Gasteiger partial charge is 0.493 e. The van der Waals surface area contributed by atoms with Crippen LogP contribution < -0.4 is 19.7 Å². The van der Waals surface area contributed by atoms with Crippen LogP contribution in [0.15, 0.2) is 42.5 Å². The molecule has 1 heterocycles. The molecule has 0 aromatic heterocycles. The number of amides is 1. The molecule has 1 amide bonds. The van der Waals surface area contributed by atoms with Crippen molar-refractivity contribution in [3.05, 3.63) is 59.2 Å². The molecule has 1 fully saturated rings. The van der Waals surface area contributed by atoms with Crippen LogP contribution >= 0.6 is 0 Å². The highest BCUT2D eigenvalue weighted by atomic mass is 19.3. The fourth-order valence-corrected chi connectivity index (χ4v) is 3.50. The number of likely N-dealkylation sites (tertiary alicyclic amines) is 1. The van der Waals surface area contributed by atoms with Crippen LogP contribution in [-0.4, -0.2) is 32.7 Å². The van der Waals surface area contributed by atoms with Crippen molar-refractivity contribution >= 4 is 5.91 Å². The summed E-state index contributed by atoms with van der Waals surface area (Å²) < 4.78 is 34.3. The summed E-state index contributed by atoms with van der Waals surface area (Å²) >= 11 is 0. The first-order chi connectivity index (χ1) is 13.6. The van der Waals surface area contributed by atoms with Gasteiger partial charge in [-0.1, -0.05) is 24.3 Å². The normalized spacial score (nSPS) is 14.3. The van der Waals surface area contributed by atoms with E-state index in [0.717, 1.165) is 12.1 Å². The van der Waals surface area contributed by atoms with E-state index in [1.165, 1.54) is 56.8 Å². The van der Waals surface area contributed by atoms with Crippen LogP contribution in [0.25, 0.3) is 0 Å². The minimum atomic E-state index is -2.96. The molecule has 0 unspecified atom stereocenters. The van der Waals surface area contributed by atoms with Crippen LogP contribution in [0.2, 0.25) is 0 Å². The highest BCUT2D eigenvalue weighted by molar-refractivity contribution is 5.94. The quantitative estimate of drug-likeness (QED) is 0.727. The molecule has 1 aliphatic heterocycles. The first kappa shape index (κ1) is 20.1. The zero-order valence-electron chi connectivity index (χ0n) is 15.8. The van der Waals surface area contributed by atoms with E-state index >= 15 is 0 Å². The van der Waals surface area contributed by atoms with E-state index in [-0.39, 0.29) is 17.4 Å². The Bertz CT molecular complexity index is 808. The highest BCUT2D eigenvalue weighted by Gasteiger charge is 2.18. The first-order valence-corrected chi connectivity index (χ1v) is 9.38. The second-order valence-corrected chi connectivity index (χ2v) is 6.83. The monoisotopic (exact) mass is 391 g/mol. The van der Waals surface area contributed by atoms with E-state index in [0.29, 0.717) is 12.1 Å². The van der Waals surface area contributed by atoms with E-state index < -0.39 is 6.61 Å². The SMILES string of the molecule is COc1cc(C(=O)NCc2ccccc2C[NH+]2CCCC2)ccc1OC(F)F. The molecule has 7 heteroatoms. The van der Waals surface area contributed by atoms with Crippen molar-refractivity contribution in [1.29, 1.82) is 0 Å². The predicted octanol–water partition coefficient (Wildman–Crippen LogP) is 2.41. The number of rotatable bonds is 8. The molecule has 2 N–H and O–H groups in total. The average Bonchev–Trinajstić information content (AvgIpc) is 3.20. The maximum atomic E-state index is 12.5. The smallest absolute Gasteiger partial charge is 0.387 e. The summed E-state index contributed by atoms with van der Waals surface area (Å²) in [4.78, 5) is 14.1. The third kappa shape index (κ3) is 5.19. The summed E-state index contributed by atoms with van der Waals surface area (Å²) in [5.41, 5.74) is 2.64. The summed E-state index contributed by atoms with van der Waals surface area (Å²) in [6.45, 7) is 0.781. The Hall–Kier alpha value is -2.67. The molecule has 0 spiro atoms. The molecule has 5 nitrogen and oxygen atoms in total. The fraction of sp³-hybridized carbons (Fsp3) is 0.381. The highest BCUT2D eigenvalue weighted by Crippen LogP contribution is 2.29. The molecule has 0 aliphatic carbocycles. The van der Waals surface area contributed by atoms with Gasteiger partial charge in [-0.25, -0.2) is 0 Å². The van der Waals surface area contributed by atoms with Gasteiger partial charge in [-0.05, 0) is 23.8 Å². The lowest BCUT2D eigenvalue weighted by Crippen LogP contribution is -3.08. The van der Waals surface area contributed by atoms with E-state index in [1.54, 1.807) is 4.90 Å². The standard InChI is InChI=1S/C21H24F2N2O3/c1-27-19-12-15(8-9-18(19)28-21(22)23)20(26)24-13-16-6-2-3-7-17(16)14-25-10-4-5-11-25/h2-3,6-9,12,21H,4-5,10-11,13-14H2,1H3,(H,24,26)/p+1. The Morgan fingerprint density at radius 3 is 2.50 bits per heavy atom. The first-order valence-electron chi connectivity index (χ1n) is 9.38. The van der Waals surface area contributed by atoms with Gasteiger partial charge in [-0.3, -0.25) is 4.79 Å². The van der Waals surface area contributed by atoms with Crippen LogP contribution in [-0.2, 0) is 13.1 Å². The van der Waals surface area contributed by atoms with Crippen molar-refractivity contribution in [2.24, 2.45) is 0 Å². The summed E-state index contributed by atoms with van der Waals surface area (Å²) in [7, 11) is 1.34. The molecule has 0 bridgehead atoms. The topological polar surface area (TPSA) is 52.0 Å². The minimum absolute atomic E-state index is 0.0889. The Morgan fingerprint density at radius 2 is 1.82 bits per heavy atom. The second kappa shape index (κ2) is 9.50. The minimum Gasteiger partial charge on any atom is -0.493 e. The molecule has 28 heavy (non-hydrogen) atoms. The molecule has 0 saturated carbocycles. The molecule has 0 radical (unpaired) electrons. The number of carbonyl (C=O) groups is 1. The number of nitrogens with one attached hydrogen (secondary N) is 2. The number of quaternary nitrogens is 1. The van der Waals surface area contributed by atoms with E-state index in [2.05, 4.69) is 16.1 Å². The summed E-state index contributed by atoms with van der Waals surface area (Å²) in [5, 5.41) is 2.90. The van der Waals surface area contributed by atoms with Gasteiger partial charge in [-0.15, -0.1) is 0 Å². The maximum absolute atomic E-state index is 12.5. The van der Waals surface area contributed by atoms with Crippen molar-refractivity contribution in [1.82, 2.24) is 5.32 Å². The van der Waals surface area contributed by atoms with Crippen molar-refractivity contribution in [3.8, 4) is 11.5 Å². The molecule has 0 atom stereocenters. The Kier molecular flexibility index (Phi) is 6.81. The van der Waals surface area contributed by atoms with Crippen molar-refractivity contribution < 1.29 is 27.9 Å². The Balaban J connectivity index is 1.65. The van der Waals surface area contributed by atoms with Crippen molar-refractivity contribution in [3.63, 3.8) is 0 Å². The molecule has 1 saturated heterocycles. The lowest BCUT2D eigenvalue weighted by atomic mass is 10.1. The molecular formula is C21H25F2N2O3+. The van der Waals surface area contributed by atoms with Crippen LogP contribution in [0.1, 0.15) is 34.3 Å². The maximum Gasteiger partial charge on any atom is 0.387 e. The number of methoxy groups -OCH3 is 1. The number of benzene rings is 2. The van der Waals surface area contributed by atoms with Gasteiger partial charge in [0.1, 0.15) is 6.54 Å². The Labute approximate surface area is 163 Å². The number of carbonyl (C=O) groups excluding carboxylic acids is 1. The second-order valence-electron chi connectivity index (χ2n) is 6.83. The summed E-state index contributed by atoms with van der Waals surface area (Å²) in [5.74, 6) is -0.316. The van der Waals surface area contributed by atoms with E-state index in [9.17, 15) is 13.6 Å².